The minimum atomic E-state index is 0.720. The minimum Gasteiger partial charge on any atom is -0.354 e. The van der Waals surface area contributed by atoms with E-state index in [4.69, 9.17) is 0 Å². The molecule has 0 aliphatic heterocycles. The summed E-state index contributed by atoms with van der Waals surface area (Å²) in [5.74, 6) is 2.59. The molecule has 0 aliphatic carbocycles. The Morgan fingerprint density at radius 2 is 2.16 bits per heavy atom. The van der Waals surface area contributed by atoms with Gasteiger partial charge >= 0.3 is 0 Å². The molecule has 0 aliphatic rings. The zero-order chi connectivity index (χ0) is 13.8. The quantitative estimate of drug-likeness (QED) is 0.626. The molecule has 1 unspecified atom stereocenters. The molecule has 2 rings (SSSR count). The lowest BCUT2D eigenvalue weighted by atomic mass is 10.2. The number of thioether (sulfide) groups is 1. The Hall–Kier alpha value is -0.810. The number of fused-ring (bicyclic) bond motifs is 1. The molecule has 3 nitrogen and oxygen atoms in total. The first-order valence-electron chi connectivity index (χ1n) is 6.78. The van der Waals surface area contributed by atoms with Crippen LogP contribution in [0.3, 0.4) is 0 Å². The van der Waals surface area contributed by atoms with E-state index >= 15 is 0 Å². The highest BCUT2D eigenvalue weighted by Gasteiger charge is 2.12. The second-order valence-electron chi connectivity index (χ2n) is 4.78. The summed E-state index contributed by atoms with van der Waals surface area (Å²) in [6.45, 7) is 9.57. The summed E-state index contributed by atoms with van der Waals surface area (Å²) in [5.41, 5.74) is 0. The van der Waals surface area contributed by atoms with E-state index in [0.29, 0.717) is 0 Å². The summed E-state index contributed by atoms with van der Waals surface area (Å²) in [5, 5.41) is 5.54. The molecule has 0 radical (unpaired) electrons. The third-order valence-corrected chi connectivity index (χ3v) is 5.28. The molecule has 0 fully saturated rings. The van der Waals surface area contributed by atoms with E-state index in [9.17, 15) is 0 Å². The summed E-state index contributed by atoms with van der Waals surface area (Å²) in [6.07, 6.45) is 1.21. The van der Waals surface area contributed by atoms with E-state index < -0.39 is 0 Å². The van der Waals surface area contributed by atoms with Gasteiger partial charge in [-0.15, -0.1) is 23.1 Å². The van der Waals surface area contributed by atoms with Gasteiger partial charge < -0.3 is 5.32 Å². The van der Waals surface area contributed by atoms with Gasteiger partial charge in [-0.25, -0.2) is 9.97 Å². The molecule has 5 heteroatoms. The molecule has 104 valence electrons. The molecule has 0 amide bonds. The summed E-state index contributed by atoms with van der Waals surface area (Å²) >= 11 is 3.59. The Kier molecular flexibility index (Phi) is 5.05. The Morgan fingerprint density at radius 3 is 2.84 bits per heavy atom. The van der Waals surface area contributed by atoms with Gasteiger partial charge in [0, 0.05) is 22.6 Å². The van der Waals surface area contributed by atoms with Crippen LogP contribution >= 0.6 is 23.1 Å². The molecule has 0 saturated carbocycles. The fourth-order valence-electron chi connectivity index (χ4n) is 1.70. The van der Waals surface area contributed by atoms with Crippen molar-refractivity contribution in [1.82, 2.24) is 9.97 Å². The highest BCUT2D eigenvalue weighted by molar-refractivity contribution is 7.99. The molecule has 2 heterocycles. The largest absolute Gasteiger partial charge is 0.354 e. The van der Waals surface area contributed by atoms with E-state index in [1.807, 2.05) is 11.8 Å². The number of nitrogens with zero attached hydrogens (tertiary/aromatic N) is 2. The van der Waals surface area contributed by atoms with Crippen molar-refractivity contribution in [2.45, 2.75) is 39.1 Å². The highest BCUT2D eigenvalue weighted by Crippen LogP contribution is 2.33. The van der Waals surface area contributed by atoms with Crippen molar-refractivity contribution >= 4 is 39.3 Å². The Morgan fingerprint density at radius 1 is 1.37 bits per heavy atom. The van der Waals surface area contributed by atoms with E-state index in [-0.39, 0.29) is 0 Å². The number of rotatable bonds is 6. The predicted molar refractivity (Wildman–Crippen MR) is 86.5 cm³/mol. The number of hydrogen-bond donors (Lipinski definition) is 1. The fourth-order valence-corrected chi connectivity index (χ4v) is 3.79. The predicted octanol–water partition coefficient (Wildman–Crippen LogP) is 4.57. The average Bonchev–Trinajstić information content (AvgIpc) is 2.76. The summed E-state index contributed by atoms with van der Waals surface area (Å²) in [6, 6.07) is 2.20. The van der Waals surface area contributed by atoms with Crippen molar-refractivity contribution in [1.29, 1.82) is 0 Å². The smallest absolute Gasteiger partial charge is 0.225 e. The van der Waals surface area contributed by atoms with Crippen LogP contribution in [-0.4, -0.2) is 22.3 Å². The van der Waals surface area contributed by atoms with Crippen molar-refractivity contribution in [2.24, 2.45) is 5.92 Å². The lowest BCUT2D eigenvalue weighted by Gasteiger charge is -2.09. The van der Waals surface area contributed by atoms with Crippen LogP contribution in [0.2, 0.25) is 0 Å². The Bertz CT molecular complexity index is 551. The van der Waals surface area contributed by atoms with Gasteiger partial charge in [-0.3, -0.25) is 0 Å². The van der Waals surface area contributed by atoms with Crippen LogP contribution < -0.4 is 5.32 Å². The number of thiophene rings is 1. The lowest BCUT2D eigenvalue weighted by molar-refractivity contribution is 0.636. The molecule has 0 spiro atoms. The SMILES string of the molecule is CCNc1nc(SCC(C)CC)c2cc(C)sc2n1. The van der Waals surface area contributed by atoms with Crippen LogP contribution in [0, 0.1) is 12.8 Å². The third-order valence-electron chi connectivity index (χ3n) is 3.02. The van der Waals surface area contributed by atoms with Gasteiger partial charge in [0.1, 0.15) is 9.86 Å². The molecule has 1 N–H and O–H groups in total. The molecule has 0 aromatic carbocycles. The Labute approximate surface area is 123 Å². The molecule has 0 bridgehead atoms. The number of nitrogens with one attached hydrogen (secondary N) is 1. The van der Waals surface area contributed by atoms with Gasteiger partial charge in [0.05, 0.1) is 0 Å². The first-order chi connectivity index (χ1) is 9.13. The van der Waals surface area contributed by atoms with Gasteiger partial charge in [-0.1, -0.05) is 20.3 Å². The molecule has 1 atom stereocenters. The zero-order valence-corrected chi connectivity index (χ0v) is 13.6. The maximum absolute atomic E-state index is 4.66. The van der Waals surface area contributed by atoms with Crippen LogP contribution in [-0.2, 0) is 0 Å². The number of aryl methyl sites for hydroxylation is 1. The average molecular weight is 295 g/mol. The zero-order valence-electron chi connectivity index (χ0n) is 12.0. The second kappa shape index (κ2) is 6.57. The molecule has 0 saturated heterocycles. The van der Waals surface area contributed by atoms with Crippen molar-refractivity contribution in [3.8, 4) is 0 Å². The molecule has 2 aromatic heterocycles. The molecular weight excluding hydrogens is 274 g/mol. The number of anilines is 1. The highest BCUT2D eigenvalue weighted by atomic mass is 32.2. The van der Waals surface area contributed by atoms with Crippen molar-refractivity contribution in [2.75, 3.05) is 17.6 Å². The van der Waals surface area contributed by atoms with Gasteiger partial charge in [-0.05, 0) is 25.8 Å². The van der Waals surface area contributed by atoms with Crippen molar-refractivity contribution in [3.05, 3.63) is 10.9 Å². The first kappa shape index (κ1) is 14.6. The summed E-state index contributed by atoms with van der Waals surface area (Å²) in [4.78, 5) is 11.6. The van der Waals surface area contributed by atoms with Crippen LogP contribution in [0.1, 0.15) is 32.1 Å². The monoisotopic (exact) mass is 295 g/mol. The lowest BCUT2D eigenvalue weighted by Crippen LogP contribution is -2.03. The molecule has 2 aromatic rings. The second-order valence-corrected chi connectivity index (χ2v) is 7.03. The number of hydrogen-bond acceptors (Lipinski definition) is 5. The maximum atomic E-state index is 4.66. The van der Waals surface area contributed by atoms with Crippen LogP contribution in [0.25, 0.3) is 10.2 Å². The third kappa shape index (κ3) is 3.60. The topological polar surface area (TPSA) is 37.8 Å². The van der Waals surface area contributed by atoms with E-state index in [1.165, 1.54) is 16.7 Å². The Balaban J connectivity index is 2.32. The number of aromatic nitrogens is 2. The van der Waals surface area contributed by atoms with Crippen LogP contribution in [0.15, 0.2) is 11.1 Å². The van der Waals surface area contributed by atoms with Crippen molar-refractivity contribution in [3.63, 3.8) is 0 Å². The van der Waals surface area contributed by atoms with Crippen LogP contribution in [0.4, 0.5) is 5.95 Å². The normalized spacial score (nSPS) is 12.8. The van der Waals surface area contributed by atoms with Crippen molar-refractivity contribution < 1.29 is 0 Å². The van der Waals surface area contributed by atoms with Crippen LogP contribution in [0.5, 0.6) is 0 Å². The standard InChI is InChI=1S/C14H21N3S2/c1-5-9(3)8-18-12-11-7-10(4)19-13(11)17-14(16-12)15-6-2/h7,9H,5-6,8H2,1-4H3,(H,15,16,17). The van der Waals surface area contributed by atoms with E-state index in [0.717, 1.165) is 34.0 Å². The maximum Gasteiger partial charge on any atom is 0.225 e. The fraction of sp³-hybridized carbons (Fsp3) is 0.571. The molecule has 19 heavy (non-hydrogen) atoms. The van der Waals surface area contributed by atoms with Gasteiger partial charge in [-0.2, -0.15) is 0 Å². The van der Waals surface area contributed by atoms with E-state index in [2.05, 4.69) is 49.0 Å². The summed E-state index contributed by atoms with van der Waals surface area (Å²) < 4.78 is 0. The van der Waals surface area contributed by atoms with Gasteiger partial charge in [0.2, 0.25) is 5.95 Å². The first-order valence-corrected chi connectivity index (χ1v) is 8.59. The van der Waals surface area contributed by atoms with E-state index in [1.54, 1.807) is 11.3 Å². The van der Waals surface area contributed by atoms with Gasteiger partial charge in [0.15, 0.2) is 0 Å². The summed E-state index contributed by atoms with van der Waals surface area (Å²) in [7, 11) is 0. The van der Waals surface area contributed by atoms with Gasteiger partial charge in [0.25, 0.3) is 0 Å². The molecular formula is C14H21N3S2. The minimum absolute atomic E-state index is 0.720.